The summed E-state index contributed by atoms with van der Waals surface area (Å²) in [5.41, 5.74) is 4.50. The summed E-state index contributed by atoms with van der Waals surface area (Å²) in [4.78, 5) is 16.0. The van der Waals surface area contributed by atoms with Gasteiger partial charge in [0.2, 0.25) is 0 Å². The maximum Gasteiger partial charge on any atom is 0.106 e. The summed E-state index contributed by atoms with van der Waals surface area (Å²) >= 11 is 0. The van der Waals surface area contributed by atoms with Gasteiger partial charge in [-0.2, -0.15) is 0 Å². The smallest absolute Gasteiger partial charge is 0.106 e. The Balaban J connectivity index is -0.00000000500. The van der Waals surface area contributed by atoms with Crippen molar-refractivity contribution in [1.82, 2.24) is 0 Å². The molecule has 0 heterocycles. The third-order valence-corrected chi connectivity index (χ3v) is 0. The van der Waals surface area contributed by atoms with Crippen molar-refractivity contribution < 1.29 is 9.59 Å². The highest BCUT2D eigenvalue weighted by molar-refractivity contribution is 5.11. The first kappa shape index (κ1) is 71.6. The van der Waals surface area contributed by atoms with E-state index in [0.717, 1.165) is 0 Å². The quantitative estimate of drug-likeness (QED) is 0.669. The molecule has 14 heavy (non-hydrogen) atoms. The van der Waals surface area contributed by atoms with Gasteiger partial charge < -0.3 is 15.3 Å². The van der Waals surface area contributed by atoms with Crippen LogP contribution in [0.2, 0.25) is 0 Å². The molecule has 0 aromatic carbocycles. The third kappa shape index (κ3) is 2450. The van der Waals surface area contributed by atoms with Gasteiger partial charge in [-0.25, -0.2) is 0 Å². The van der Waals surface area contributed by atoms with Gasteiger partial charge in [0.05, 0.1) is 0 Å². The lowest BCUT2D eigenvalue weighted by atomic mass is 11.0. The van der Waals surface area contributed by atoms with Crippen molar-refractivity contribution >= 4 is 13.6 Å². The van der Waals surface area contributed by atoms with E-state index in [9.17, 15) is 0 Å². The summed E-state index contributed by atoms with van der Waals surface area (Å²) in [5, 5.41) is 0. The molecule has 0 aliphatic carbocycles. The topological polar surface area (TPSA) is 60.2 Å². The first-order chi connectivity index (χ1) is 6.00. The number of carbonyl (C=O) groups excluding carboxylic acids is 2. The van der Waals surface area contributed by atoms with Crippen molar-refractivity contribution in [3.8, 4) is 0 Å². The van der Waals surface area contributed by atoms with Crippen LogP contribution in [0.15, 0.2) is 0 Å². The highest BCUT2D eigenvalue weighted by atomic mass is 16.1. The maximum absolute atomic E-state index is 8.00. The number of hydrogen-bond acceptors (Lipinski definition) is 3. The molecule has 0 unspecified atom stereocenters. The highest BCUT2D eigenvalue weighted by Crippen LogP contribution is 1.15. The van der Waals surface area contributed by atoms with Crippen LogP contribution in [-0.4, -0.2) is 20.6 Å². The Hall–Kier alpha value is -0.700. The fourth-order valence-corrected chi connectivity index (χ4v) is 0. The molecule has 2 N–H and O–H groups in total. The standard InChI is InChI=1S/3C2H6.CH5N.2CH2O.2CH4/c6*1-2;;/h3*1-2H3;2H2,1H3;2*1H2;2*1H4. The van der Waals surface area contributed by atoms with Gasteiger partial charge in [-0.3, -0.25) is 0 Å². The first-order valence-corrected chi connectivity index (χ1v) is 4.15. The molecule has 0 aliphatic heterocycles. The zero-order valence-corrected chi connectivity index (χ0v) is 9.81. The van der Waals surface area contributed by atoms with Crippen LogP contribution in [0.4, 0.5) is 0 Å². The van der Waals surface area contributed by atoms with Crippen LogP contribution >= 0.6 is 0 Å². The molecule has 0 spiro atoms. The van der Waals surface area contributed by atoms with Gasteiger partial charge in [-0.05, 0) is 7.05 Å². The van der Waals surface area contributed by atoms with Crippen LogP contribution < -0.4 is 5.73 Å². The minimum atomic E-state index is 0. The molecule has 0 aliphatic rings. The van der Waals surface area contributed by atoms with E-state index in [0.29, 0.717) is 0 Å². The molecule has 0 radical (unpaired) electrons. The molecule has 0 saturated heterocycles. The number of carbonyl (C=O) groups is 2. The third-order valence-electron chi connectivity index (χ3n) is 0. The Kier molecular flexibility index (Phi) is 16400. The Morgan fingerprint density at radius 2 is 0.571 bits per heavy atom. The van der Waals surface area contributed by atoms with Gasteiger partial charge in [0.1, 0.15) is 13.6 Å². The molecule has 0 aromatic rings. The van der Waals surface area contributed by atoms with E-state index in [-0.39, 0.29) is 14.9 Å². The second-order valence-corrected chi connectivity index (χ2v) is 0. The van der Waals surface area contributed by atoms with E-state index < -0.39 is 0 Å². The lowest BCUT2D eigenvalue weighted by Crippen LogP contribution is -1.69. The number of nitrogens with two attached hydrogens (primary N) is 1. The van der Waals surface area contributed by atoms with Gasteiger partial charge in [0, 0.05) is 0 Å². The SMILES string of the molecule is C.C.C=O.C=O.CC.CC.CC.CN. The van der Waals surface area contributed by atoms with Crippen LogP contribution in [0, 0.1) is 0 Å². The van der Waals surface area contributed by atoms with Crippen molar-refractivity contribution in [2.75, 3.05) is 7.05 Å². The van der Waals surface area contributed by atoms with E-state index >= 15 is 0 Å². The van der Waals surface area contributed by atoms with E-state index in [1.165, 1.54) is 7.05 Å². The summed E-state index contributed by atoms with van der Waals surface area (Å²) in [6.07, 6.45) is 0. The summed E-state index contributed by atoms with van der Waals surface area (Å²) in [6.45, 7) is 16.0. The predicted octanol–water partition coefficient (Wildman–Crippen LogP) is 3.56. The van der Waals surface area contributed by atoms with Crippen molar-refractivity contribution in [3.05, 3.63) is 0 Å². The molecule has 3 nitrogen and oxygen atoms in total. The van der Waals surface area contributed by atoms with E-state index in [2.05, 4.69) is 5.73 Å². The molecule has 0 aromatic heterocycles. The highest BCUT2D eigenvalue weighted by Gasteiger charge is 0.936. The van der Waals surface area contributed by atoms with Gasteiger partial charge in [0.15, 0.2) is 0 Å². The van der Waals surface area contributed by atoms with Crippen LogP contribution in [0.3, 0.4) is 0 Å². The molecule has 0 rings (SSSR count). The minimum Gasteiger partial charge on any atom is -0.333 e. The van der Waals surface area contributed by atoms with Gasteiger partial charge in [-0.1, -0.05) is 56.4 Å². The van der Waals surface area contributed by atoms with Crippen molar-refractivity contribution in [2.45, 2.75) is 56.4 Å². The van der Waals surface area contributed by atoms with Crippen molar-refractivity contribution in [1.29, 1.82) is 0 Å². The van der Waals surface area contributed by atoms with E-state index in [1.54, 1.807) is 0 Å². The zero-order chi connectivity index (χ0) is 12.0. The zero-order valence-electron chi connectivity index (χ0n) is 9.81. The Labute approximate surface area is 93.1 Å². The Morgan fingerprint density at radius 1 is 0.571 bits per heavy atom. The predicted molar refractivity (Wildman–Crippen MR) is 71.9 cm³/mol. The monoisotopic (exact) mass is 213 g/mol. The molecular formula is C11H35NO2. The summed E-state index contributed by atoms with van der Waals surface area (Å²) in [7, 11) is 1.50. The first-order valence-electron chi connectivity index (χ1n) is 4.15. The molecule has 0 saturated carbocycles. The second-order valence-electron chi connectivity index (χ2n) is 0. The summed E-state index contributed by atoms with van der Waals surface area (Å²) < 4.78 is 0. The lowest BCUT2D eigenvalue weighted by Gasteiger charge is -1.19. The summed E-state index contributed by atoms with van der Waals surface area (Å²) in [6, 6.07) is 0. The molecule has 96 valence electrons. The van der Waals surface area contributed by atoms with Gasteiger partial charge in [0.25, 0.3) is 0 Å². The molecule has 0 atom stereocenters. The van der Waals surface area contributed by atoms with Crippen molar-refractivity contribution in [2.24, 2.45) is 5.73 Å². The summed E-state index contributed by atoms with van der Waals surface area (Å²) in [5.74, 6) is 0. The molecule has 3 heteroatoms. The maximum atomic E-state index is 8.00. The Bertz CT molecular complexity index is 15.2. The average Bonchev–Trinajstić information content (AvgIpc) is 2.33. The van der Waals surface area contributed by atoms with Crippen molar-refractivity contribution in [3.63, 3.8) is 0 Å². The van der Waals surface area contributed by atoms with Crippen LogP contribution in [0.5, 0.6) is 0 Å². The van der Waals surface area contributed by atoms with E-state index in [4.69, 9.17) is 9.59 Å². The van der Waals surface area contributed by atoms with Crippen LogP contribution in [-0.2, 0) is 9.59 Å². The van der Waals surface area contributed by atoms with Crippen LogP contribution in [0.1, 0.15) is 56.4 Å². The Morgan fingerprint density at radius 3 is 0.571 bits per heavy atom. The lowest BCUT2D eigenvalue weighted by molar-refractivity contribution is -0.0987. The number of rotatable bonds is 0. The molecule has 0 bridgehead atoms. The normalized spacial score (nSPS) is 2.29. The van der Waals surface area contributed by atoms with Crippen LogP contribution in [0.25, 0.3) is 0 Å². The molecular weight excluding hydrogens is 178 g/mol. The van der Waals surface area contributed by atoms with E-state index in [1.807, 2.05) is 55.1 Å². The fourth-order valence-electron chi connectivity index (χ4n) is 0. The largest absolute Gasteiger partial charge is 0.333 e. The molecule has 0 fully saturated rings. The molecule has 0 amide bonds. The number of hydrogen-bond donors (Lipinski definition) is 1. The fraction of sp³-hybridized carbons (Fsp3) is 0.818. The van der Waals surface area contributed by atoms with Gasteiger partial charge >= 0.3 is 0 Å². The second kappa shape index (κ2) is 3210. The minimum absolute atomic E-state index is 0. The van der Waals surface area contributed by atoms with Gasteiger partial charge in [-0.15, -0.1) is 0 Å². The average molecular weight is 213 g/mol.